The van der Waals surface area contributed by atoms with Gasteiger partial charge in [-0.15, -0.1) is 10.2 Å². The van der Waals surface area contributed by atoms with Crippen LogP contribution in [0.3, 0.4) is 0 Å². The second kappa shape index (κ2) is 10.6. The standard InChI is InChI=1S/C19H16Cl2N4O3S2/c1-2-28-18(27)23-17-24-25-19(30-17)29-15(11-6-4-3-5-7-11)16(26)22-14-9-12(20)8-13(21)10-14/h3-10,15H,2H2,1H3,(H,22,26)(H,23,24,27). The van der Waals surface area contributed by atoms with Gasteiger partial charge in [-0.25, -0.2) is 4.79 Å². The van der Waals surface area contributed by atoms with Crippen LogP contribution in [0.1, 0.15) is 17.7 Å². The zero-order valence-corrected chi connectivity index (χ0v) is 18.7. The van der Waals surface area contributed by atoms with E-state index in [0.717, 1.165) is 16.9 Å². The predicted molar refractivity (Wildman–Crippen MR) is 121 cm³/mol. The molecule has 3 rings (SSSR count). The maximum Gasteiger partial charge on any atom is 0.413 e. The summed E-state index contributed by atoms with van der Waals surface area (Å²) in [4.78, 5) is 24.6. The van der Waals surface area contributed by atoms with E-state index >= 15 is 0 Å². The average molecular weight is 483 g/mol. The Balaban J connectivity index is 1.79. The van der Waals surface area contributed by atoms with Crippen LogP contribution in [0.5, 0.6) is 0 Å². The van der Waals surface area contributed by atoms with Gasteiger partial charge in [0.2, 0.25) is 11.0 Å². The highest BCUT2D eigenvalue weighted by atomic mass is 35.5. The van der Waals surface area contributed by atoms with Crippen LogP contribution in [0.15, 0.2) is 52.9 Å². The van der Waals surface area contributed by atoms with Crippen molar-refractivity contribution in [1.82, 2.24) is 10.2 Å². The van der Waals surface area contributed by atoms with E-state index in [-0.39, 0.29) is 17.6 Å². The van der Waals surface area contributed by atoms with Crippen LogP contribution in [-0.2, 0) is 9.53 Å². The van der Waals surface area contributed by atoms with Gasteiger partial charge in [0.05, 0.1) is 6.61 Å². The number of benzene rings is 2. The van der Waals surface area contributed by atoms with Crippen molar-refractivity contribution in [3.63, 3.8) is 0 Å². The molecule has 0 aliphatic carbocycles. The third-order valence-electron chi connectivity index (χ3n) is 3.58. The molecule has 0 aliphatic heterocycles. The number of amides is 2. The van der Waals surface area contributed by atoms with Crippen molar-refractivity contribution >= 4 is 69.1 Å². The number of carbonyl (C=O) groups excluding carboxylic acids is 2. The van der Waals surface area contributed by atoms with E-state index in [0.29, 0.717) is 20.1 Å². The lowest BCUT2D eigenvalue weighted by Gasteiger charge is -2.16. The number of halogens is 2. The maximum atomic E-state index is 13.1. The van der Waals surface area contributed by atoms with Gasteiger partial charge in [-0.2, -0.15) is 0 Å². The highest BCUT2D eigenvalue weighted by Gasteiger charge is 2.24. The van der Waals surface area contributed by atoms with E-state index in [1.165, 1.54) is 11.8 Å². The summed E-state index contributed by atoms with van der Waals surface area (Å²) in [5.41, 5.74) is 1.27. The second-order valence-corrected chi connectivity index (χ2v) is 8.98. The number of nitrogens with zero attached hydrogens (tertiary/aromatic N) is 2. The fourth-order valence-electron chi connectivity index (χ4n) is 2.40. The Hall–Kier alpha value is -2.33. The fraction of sp³-hybridized carbons (Fsp3) is 0.158. The van der Waals surface area contributed by atoms with Crippen LogP contribution in [0.4, 0.5) is 15.6 Å². The molecule has 7 nitrogen and oxygen atoms in total. The first-order chi connectivity index (χ1) is 14.4. The van der Waals surface area contributed by atoms with E-state index in [2.05, 4.69) is 20.8 Å². The summed E-state index contributed by atoms with van der Waals surface area (Å²) in [5.74, 6) is -0.278. The van der Waals surface area contributed by atoms with Gasteiger partial charge in [0.25, 0.3) is 0 Å². The Kier molecular flexibility index (Phi) is 7.92. The summed E-state index contributed by atoms with van der Waals surface area (Å²) in [6, 6.07) is 14.1. The number of nitrogens with one attached hydrogen (secondary N) is 2. The molecule has 0 saturated heterocycles. The zero-order chi connectivity index (χ0) is 21.5. The first-order valence-electron chi connectivity index (χ1n) is 8.70. The van der Waals surface area contributed by atoms with E-state index in [1.54, 1.807) is 25.1 Å². The van der Waals surface area contributed by atoms with E-state index in [4.69, 9.17) is 27.9 Å². The van der Waals surface area contributed by atoms with Crippen molar-refractivity contribution in [3.05, 3.63) is 64.1 Å². The molecule has 1 atom stereocenters. The molecule has 3 aromatic rings. The molecular formula is C19H16Cl2N4O3S2. The lowest BCUT2D eigenvalue weighted by atomic mass is 10.1. The lowest BCUT2D eigenvalue weighted by molar-refractivity contribution is -0.115. The molecule has 30 heavy (non-hydrogen) atoms. The van der Waals surface area contributed by atoms with Crippen molar-refractivity contribution in [2.45, 2.75) is 16.5 Å². The second-order valence-electron chi connectivity index (χ2n) is 5.77. The van der Waals surface area contributed by atoms with E-state index < -0.39 is 11.3 Å². The lowest BCUT2D eigenvalue weighted by Crippen LogP contribution is -2.19. The summed E-state index contributed by atoms with van der Waals surface area (Å²) in [6.45, 7) is 1.95. The Morgan fingerprint density at radius 2 is 1.80 bits per heavy atom. The number of hydrogen-bond acceptors (Lipinski definition) is 7. The Morgan fingerprint density at radius 3 is 2.47 bits per heavy atom. The summed E-state index contributed by atoms with van der Waals surface area (Å²) in [6.07, 6.45) is -0.611. The Morgan fingerprint density at radius 1 is 1.10 bits per heavy atom. The molecule has 156 valence electrons. The van der Waals surface area contributed by atoms with Gasteiger partial charge in [-0.1, -0.05) is 76.6 Å². The normalized spacial score (nSPS) is 11.6. The zero-order valence-electron chi connectivity index (χ0n) is 15.6. The molecule has 0 spiro atoms. The minimum absolute atomic E-state index is 0.246. The van der Waals surface area contributed by atoms with Crippen LogP contribution in [0.2, 0.25) is 10.0 Å². The highest BCUT2D eigenvalue weighted by Crippen LogP contribution is 2.39. The fourth-order valence-corrected chi connectivity index (χ4v) is 4.85. The van der Waals surface area contributed by atoms with Gasteiger partial charge in [0.15, 0.2) is 4.34 Å². The van der Waals surface area contributed by atoms with Crippen molar-refractivity contribution < 1.29 is 14.3 Å². The summed E-state index contributed by atoms with van der Waals surface area (Å²) >= 11 is 14.4. The minimum Gasteiger partial charge on any atom is -0.450 e. The number of aromatic nitrogens is 2. The van der Waals surface area contributed by atoms with Crippen molar-refractivity contribution in [1.29, 1.82) is 0 Å². The first-order valence-corrected chi connectivity index (χ1v) is 11.2. The number of anilines is 2. The summed E-state index contributed by atoms with van der Waals surface area (Å²) in [7, 11) is 0. The Bertz CT molecular complexity index is 1010. The number of ether oxygens (including phenoxy) is 1. The van der Waals surface area contributed by atoms with Crippen LogP contribution >= 0.6 is 46.3 Å². The smallest absolute Gasteiger partial charge is 0.413 e. The van der Waals surface area contributed by atoms with Crippen LogP contribution in [0, 0.1) is 0 Å². The van der Waals surface area contributed by atoms with Gasteiger partial charge in [0, 0.05) is 15.7 Å². The van der Waals surface area contributed by atoms with Crippen molar-refractivity contribution in [3.8, 4) is 0 Å². The van der Waals surface area contributed by atoms with Gasteiger partial charge in [0.1, 0.15) is 5.25 Å². The number of hydrogen-bond donors (Lipinski definition) is 2. The van der Waals surface area contributed by atoms with Crippen LogP contribution in [-0.4, -0.2) is 28.8 Å². The molecule has 0 bridgehead atoms. The van der Waals surface area contributed by atoms with Gasteiger partial charge >= 0.3 is 6.09 Å². The third-order valence-corrected chi connectivity index (χ3v) is 6.19. The average Bonchev–Trinajstić information content (AvgIpc) is 3.13. The topological polar surface area (TPSA) is 93.2 Å². The first kappa shape index (κ1) is 22.4. The molecule has 1 unspecified atom stereocenters. The predicted octanol–water partition coefficient (Wildman–Crippen LogP) is 5.89. The van der Waals surface area contributed by atoms with E-state index in [9.17, 15) is 9.59 Å². The number of rotatable bonds is 7. The molecule has 0 aliphatic rings. The van der Waals surface area contributed by atoms with Crippen molar-refractivity contribution in [2.75, 3.05) is 17.2 Å². The molecule has 1 heterocycles. The minimum atomic E-state index is -0.618. The maximum absolute atomic E-state index is 13.1. The van der Waals surface area contributed by atoms with Crippen LogP contribution < -0.4 is 10.6 Å². The molecule has 11 heteroatoms. The number of thioether (sulfide) groups is 1. The van der Waals surface area contributed by atoms with Crippen molar-refractivity contribution in [2.24, 2.45) is 0 Å². The van der Waals surface area contributed by atoms with E-state index in [1.807, 2.05) is 30.3 Å². The largest absolute Gasteiger partial charge is 0.450 e. The number of carbonyl (C=O) groups is 2. The molecule has 2 N–H and O–H groups in total. The van der Waals surface area contributed by atoms with Gasteiger partial charge < -0.3 is 10.1 Å². The molecule has 0 radical (unpaired) electrons. The monoisotopic (exact) mass is 482 g/mol. The highest BCUT2D eigenvalue weighted by molar-refractivity contribution is 8.02. The molecule has 2 aromatic carbocycles. The molecule has 0 saturated carbocycles. The summed E-state index contributed by atoms with van der Waals surface area (Å²) in [5, 5.41) is 13.8. The third kappa shape index (κ3) is 6.33. The molecular weight excluding hydrogens is 467 g/mol. The van der Waals surface area contributed by atoms with Crippen LogP contribution in [0.25, 0.3) is 0 Å². The molecule has 0 fully saturated rings. The molecule has 1 aromatic heterocycles. The Labute approximate surface area is 191 Å². The quantitative estimate of drug-likeness (QED) is 0.322. The van der Waals surface area contributed by atoms with Gasteiger partial charge in [-0.3, -0.25) is 10.1 Å². The molecule has 2 amide bonds. The SMILES string of the molecule is CCOC(=O)Nc1nnc(SC(C(=O)Nc2cc(Cl)cc(Cl)c2)c2ccccc2)s1. The van der Waals surface area contributed by atoms with Gasteiger partial charge in [-0.05, 0) is 30.7 Å². The summed E-state index contributed by atoms with van der Waals surface area (Å²) < 4.78 is 5.33.